The Bertz CT molecular complexity index is 2350. The van der Waals surface area contributed by atoms with Crippen LogP contribution >= 0.6 is 15.6 Å². The molecule has 5 atom stereocenters. The van der Waals surface area contributed by atoms with Gasteiger partial charge in [-0.25, -0.2) is 9.13 Å². The molecular weight excluding hydrogens is 1260 g/mol. The van der Waals surface area contributed by atoms with Crippen LogP contribution in [0, 0.1) is 0 Å². The van der Waals surface area contributed by atoms with E-state index in [-0.39, 0.29) is 25.7 Å². The number of carbonyl (C=O) groups excluding carboxylic acids is 4. The summed E-state index contributed by atoms with van der Waals surface area (Å²) in [4.78, 5) is 72.6. The molecule has 0 rings (SSSR count). The summed E-state index contributed by atoms with van der Waals surface area (Å²) >= 11 is 0. The molecule has 0 fully saturated rings. The van der Waals surface area contributed by atoms with Crippen LogP contribution in [0.1, 0.15) is 272 Å². The minimum Gasteiger partial charge on any atom is -0.462 e. The van der Waals surface area contributed by atoms with Crippen LogP contribution in [0.2, 0.25) is 0 Å². The van der Waals surface area contributed by atoms with Crippen LogP contribution in [0.15, 0.2) is 134 Å². The molecule has 19 heteroatoms. The Balaban J connectivity index is 5.42. The maximum Gasteiger partial charge on any atom is 0.472 e. The first kappa shape index (κ1) is 91.2. The number of allylic oxidation sites excluding steroid dienone is 22. The van der Waals surface area contributed by atoms with Crippen LogP contribution in [0.5, 0.6) is 0 Å². The molecule has 0 aliphatic carbocycles. The van der Waals surface area contributed by atoms with Gasteiger partial charge in [0.1, 0.15) is 19.3 Å². The molecule has 96 heavy (non-hydrogen) atoms. The van der Waals surface area contributed by atoms with Gasteiger partial charge in [-0.1, -0.05) is 245 Å². The average Bonchev–Trinajstić information content (AvgIpc) is 1.41. The predicted molar refractivity (Wildman–Crippen MR) is 390 cm³/mol. The van der Waals surface area contributed by atoms with E-state index in [2.05, 4.69) is 143 Å². The molecule has 0 aliphatic heterocycles. The third kappa shape index (κ3) is 67.8. The lowest BCUT2D eigenvalue weighted by Crippen LogP contribution is -2.30. The van der Waals surface area contributed by atoms with Crippen molar-refractivity contribution in [3.63, 3.8) is 0 Å². The van der Waals surface area contributed by atoms with Gasteiger partial charge in [0, 0.05) is 25.7 Å². The van der Waals surface area contributed by atoms with Crippen molar-refractivity contribution >= 4 is 39.5 Å². The molecule has 0 saturated carbocycles. The largest absolute Gasteiger partial charge is 0.472 e. The van der Waals surface area contributed by atoms with Gasteiger partial charge in [0.15, 0.2) is 12.2 Å². The Morgan fingerprint density at radius 3 is 0.906 bits per heavy atom. The summed E-state index contributed by atoms with van der Waals surface area (Å²) in [6.07, 6.45) is 74.8. The number of hydrogen-bond acceptors (Lipinski definition) is 15. The first-order chi connectivity index (χ1) is 46.7. The van der Waals surface area contributed by atoms with Gasteiger partial charge in [-0.05, 0) is 135 Å². The molecule has 0 aromatic heterocycles. The van der Waals surface area contributed by atoms with E-state index in [9.17, 15) is 43.2 Å². The van der Waals surface area contributed by atoms with Gasteiger partial charge in [0.25, 0.3) is 0 Å². The molecule has 0 bridgehead atoms. The number of rotatable bonds is 67. The monoisotopic (exact) mass is 1390 g/mol. The minimum absolute atomic E-state index is 0.0285. The molecule has 0 amide bonds. The van der Waals surface area contributed by atoms with Gasteiger partial charge >= 0.3 is 39.5 Å². The van der Waals surface area contributed by atoms with Crippen molar-refractivity contribution in [1.29, 1.82) is 0 Å². The van der Waals surface area contributed by atoms with Gasteiger partial charge in [-0.15, -0.1) is 0 Å². The summed E-state index contributed by atoms with van der Waals surface area (Å²) in [5.74, 6) is -2.32. The molecular formula is C77H128O17P2. The number of aliphatic hydroxyl groups is 1. The second-order valence-corrected chi connectivity index (χ2v) is 26.7. The van der Waals surface area contributed by atoms with E-state index in [1.54, 1.807) is 0 Å². The lowest BCUT2D eigenvalue weighted by Gasteiger charge is -2.21. The fourth-order valence-electron chi connectivity index (χ4n) is 9.04. The molecule has 0 aromatic rings. The van der Waals surface area contributed by atoms with E-state index in [0.29, 0.717) is 32.1 Å². The third-order valence-corrected chi connectivity index (χ3v) is 16.5. The van der Waals surface area contributed by atoms with Crippen molar-refractivity contribution in [2.24, 2.45) is 0 Å². The molecule has 0 saturated heterocycles. The maximum atomic E-state index is 13.0. The summed E-state index contributed by atoms with van der Waals surface area (Å²) < 4.78 is 68.2. The van der Waals surface area contributed by atoms with E-state index in [4.69, 9.17) is 37.0 Å². The Hall–Kier alpha value is -4.80. The normalized spacial score (nSPS) is 14.8. The van der Waals surface area contributed by atoms with E-state index in [0.717, 1.165) is 161 Å². The molecule has 548 valence electrons. The fourth-order valence-corrected chi connectivity index (χ4v) is 10.6. The maximum absolute atomic E-state index is 13.0. The van der Waals surface area contributed by atoms with Crippen molar-refractivity contribution in [2.75, 3.05) is 39.6 Å². The number of hydrogen-bond donors (Lipinski definition) is 3. The zero-order chi connectivity index (χ0) is 70.4. The van der Waals surface area contributed by atoms with Gasteiger partial charge in [0.2, 0.25) is 0 Å². The minimum atomic E-state index is -5.00. The lowest BCUT2D eigenvalue weighted by molar-refractivity contribution is -0.161. The first-order valence-corrected chi connectivity index (χ1v) is 39.4. The third-order valence-electron chi connectivity index (χ3n) is 14.6. The van der Waals surface area contributed by atoms with Crippen LogP contribution in [-0.4, -0.2) is 96.7 Å². The van der Waals surface area contributed by atoms with Crippen molar-refractivity contribution in [2.45, 2.75) is 290 Å². The van der Waals surface area contributed by atoms with E-state index in [1.807, 2.05) is 18.2 Å². The lowest BCUT2D eigenvalue weighted by atomic mass is 10.1. The SMILES string of the molecule is CC/C=C\C/C=C\C/C=C\C/C=C\C/C=C\C/C=C\CCC(=O)OCC(COP(=O)(O)OCC(O)COP(=O)(O)OCC(COC(=O)CCCCCCC/C=C\CCCC)OC(=O)CCCCCCC/C=C\CCCC)OC(=O)CCCCCCC/C=C\C/C=C\C/C=C\CC. The molecule has 0 spiro atoms. The predicted octanol–water partition coefficient (Wildman–Crippen LogP) is 20.5. The second-order valence-electron chi connectivity index (χ2n) is 23.8. The van der Waals surface area contributed by atoms with Crippen LogP contribution in [0.4, 0.5) is 0 Å². The van der Waals surface area contributed by atoms with E-state index < -0.39 is 97.5 Å². The van der Waals surface area contributed by atoms with E-state index in [1.165, 1.54) is 25.7 Å². The van der Waals surface area contributed by atoms with E-state index >= 15 is 0 Å². The zero-order valence-corrected chi connectivity index (χ0v) is 61.3. The highest BCUT2D eigenvalue weighted by Gasteiger charge is 2.30. The topological polar surface area (TPSA) is 237 Å². The Morgan fingerprint density at radius 1 is 0.302 bits per heavy atom. The molecule has 5 unspecified atom stereocenters. The molecule has 17 nitrogen and oxygen atoms in total. The second kappa shape index (κ2) is 68.7. The molecule has 0 aromatic carbocycles. The van der Waals surface area contributed by atoms with Gasteiger partial charge in [-0.3, -0.25) is 37.3 Å². The highest BCUT2D eigenvalue weighted by atomic mass is 31.2. The van der Waals surface area contributed by atoms with Crippen LogP contribution in [0.3, 0.4) is 0 Å². The van der Waals surface area contributed by atoms with Gasteiger partial charge < -0.3 is 33.8 Å². The summed E-state index contributed by atoms with van der Waals surface area (Å²) in [7, 11) is -9.97. The van der Waals surface area contributed by atoms with Crippen molar-refractivity contribution in [3.05, 3.63) is 134 Å². The molecule has 0 radical (unpaired) electrons. The van der Waals surface area contributed by atoms with Crippen LogP contribution in [-0.2, 0) is 65.4 Å². The van der Waals surface area contributed by atoms with Crippen molar-refractivity contribution in [1.82, 2.24) is 0 Å². The molecule has 3 N–H and O–H groups in total. The quantitative estimate of drug-likeness (QED) is 0.0169. The fraction of sp³-hybridized carbons (Fsp3) is 0.662. The van der Waals surface area contributed by atoms with Crippen molar-refractivity contribution < 1.29 is 80.2 Å². The standard InChI is InChI=1S/C77H128O17P2/c1-5-9-13-17-21-25-29-31-33-34-35-36-38-39-43-46-50-54-58-62-75(80)88-68-73(94-77(82)64-60-56-52-48-44-40-37-32-30-26-22-18-14-10-6-2)70-92-96(85,86)90-66-71(78)65-89-95(83,84)91-69-72(93-76(81)63-59-55-51-47-42-28-24-20-16-12-8-4)67-87-74(79)61-57-53-49-45-41-27-23-19-15-11-7-3/h9-10,13-14,19-26,31-33,35-37,39,43,50,54,71-73,78H,5-8,11-12,15-18,27-30,34,38,40-42,44-49,51-53,55-70H2,1-4H3,(H,83,84)(H,85,86)/b13-9-,14-10-,23-19-,24-20-,25-21-,26-22-,33-31-,36-35-,37-32-,43-39-,54-50-. The summed E-state index contributed by atoms with van der Waals surface area (Å²) in [5, 5.41) is 10.6. The number of carbonyl (C=O) groups is 4. The molecule has 0 aliphatic rings. The Labute approximate surface area is 580 Å². The average molecular weight is 1390 g/mol. The summed E-state index contributed by atoms with van der Waals surface area (Å²) in [6.45, 7) is 4.41. The highest BCUT2D eigenvalue weighted by molar-refractivity contribution is 7.47. The van der Waals surface area contributed by atoms with Gasteiger partial charge in [0.05, 0.1) is 26.4 Å². The summed E-state index contributed by atoms with van der Waals surface area (Å²) in [6, 6.07) is 0. The molecule has 0 heterocycles. The van der Waals surface area contributed by atoms with Crippen molar-refractivity contribution in [3.8, 4) is 0 Å². The Morgan fingerprint density at radius 2 is 0.562 bits per heavy atom. The number of unbranched alkanes of at least 4 members (excludes halogenated alkanes) is 19. The number of ether oxygens (including phenoxy) is 4. The number of esters is 4. The van der Waals surface area contributed by atoms with Gasteiger partial charge in [-0.2, -0.15) is 0 Å². The summed E-state index contributed by atoms with van der Waals surface area (Å²) in [5.41, 5.74) is 0. The highest BCUT2D eigenvalue weighted by Crippen LogP contribution is 2.45. The first-order valence-electron chi connectivity index (χ1n) is 36.4. The van der Waals surface area contributed by atoms with Crippen LogP contribution < -0.4 is 0 Å². The number of aliphatic hydroxyl groups excluding tert-OH is 1. The number of phosphoric acid groups is 2. The smallest absolute Gasteiger partial charge is 0.462 e. The van der Waals surface area contributed by atoms with Crippen LogP contribution in [0.25, 0.3) is 0 Å². The number of phosphoric ester groups is 2. The Kier molecular flexibility index (Phi) is 65.3. The zero-order valence-electron chi connectivity index (χ0n) is 59.5.